The molecule has 0 saturated heterocycles. The zero-order chi connectivity index (χ0) is 21.5. The fourth-order valence-corrected chi connectivity index (χ4v) is 2.93. The average Bonchev–Trinajstić information content (AvgIpc) is 3.22. The molecule has 0 radical (unpaired) electrons. The number of amides is 1. The van der Waals surface area contributed by atoms with E-state index in [1.807, 2.05) is 0 Å². The maximum absolute atomic E-state index is 13.8. The molecule has 0 aliphatic heterocycles. The van der Waals surface area contributed by atoms with Crippen molar-refractivity contribution in [3.8, 4) is 0 Å². The van der Waals surface area contributed by atoms with Crippen molar-refractivity contribution in [1.82, 2.24) is 19.6 Å². The molecule has 0 saturated carbocycles. The van der Waals surface area contributed by atoms with Crippen molar-refractivity contribution in [3.63, 3.8) is 0 Å². The van der Waals surface area contributed by atoms with Gasteiger partial charge in [0.05, 0.1) is 28.5 Å². The van der Waals surface area contributed by atoms with Crippen molar-refractivity contribution in [2.24, 2.45) is 0 Å². The van der Waals surface area contributed by atoms with Crippen LogP contribution in [0.15, 0.2) is 18.3 Å². The van der Waals surface area contributed by atoms with E-state index in [4.69, 9.17) is 11.6 Å². The first-order valence-electron chi connectivity index (χ1n) is 8.47. The molecule has 11 heteroatoms. The Bertz CT molecular complexity index is 1070. The summed E-state index contributed by atoms with van der Waals surface area (Å²) in [4.78, 5) is 12.5. The van der Waals surface area contributed by atoms with Gasteiger partial charge in [0.25, 0.3) is 0 Å². The molecule has 3 aromatic rings. The molecule has 6 nitrogen and oxygen atoms in total. The Morgan fingerprint density at radius 3 is 2.34 bits per heavy atom. The first-order valence-corrected chi connectivity index (χ1v) is 8.85. The molecular weight excluding hydrogens is 414 g/mol. The molecule has 29 heavy (non-hydrogen) atoms. The topological polar surface area (TPSA) is 64.7 Å². The van der Waals surface area contributed by atoms with Crippen LogP contribution >= 0.6 is 11.6 Å². The number of hydrogen-bond acceptors (Lipinski definition) is 3. The lowest BCUT2D eigenvalue weighted by molar-refractivity contribution is -0.119. The quantitative estimate of drug-likeness (QED) is 0.489. The summed E-state index contributed by atoms with van der Waals surface area (Å²) >= 11 is 6.09. The van der Waals surface area contributed by atoms with Gasteiger partial charge in [-0.3, -0.25) is 14.2 Å². The summed E-state index contributed by atoms with van der Waals surface area (Å²) in [5.74, 6) is -6.37. The zero-order valence-corrected chi connectivity index (χ0v) is 16.4. The number of carbonyl (C=O) groups excluding carboxylic acids is 1. The van der Waals surface area contributed by atoms with Crippen molar-refractivity contribution in [3.05, 3.63) is 63.6 Å². The van der Waals surface area contributed by atoms with E-state index in [-0.39, 0.29) is 11.9 Å². The number of nitrogens with one attached hydrogen (secondary N) is 1. The van der Waals surface area contributed by atoms with Crippen LogP contribution in [0.2, 0.25) is 5.02 Å². The van der Waals surface area contributed by atoms with Crippen molar-refractivity contribution in [2.45, 2.75) is 33.4 Å². The third kappa shape index (κ3) is 3.98. The first kappa shape index (κ1) is 20.8. The summed E-state index contributed by atoms with van der Waals surface area (Å²) in [5, 5.41) is 11.2. The Labute approximate surface area is 168 Å². The highest BCUT2D eigenvalue weighted by Crippen LogP contribution is 2.23. The summed E-state index contributed by atoms with van der Waals surface area (Å²) < 4.78 is 56.8. The van der Waals surface area contributed by atoms with E-state index in [2.05, 4.69) is 15.5 Å². The molecule has 1 aromatic carbocycles. The second-order valence-electron chi connectivity index (χ2n) is 6.44. The molecule has 1 unspecified atom stereocenters. The lowest BCUT2D eigenvalue weighted by Gasteiger charge is -2.13. The summed E-state index contributed by atoms with van der Waals surface area (Å²) in [7, 11) is 0. The van der Waals surface area contributed by atoms with Crippen molar-refractivity contribution < 1.29 is 22.4 Å². The van der Waals surface area contributed by atoms with Crippen LogP contribution in [0, 0.1) is 37.1 Å². The van der Waals surface area contributed by atoms with E-state index in [9.17, 15) is 22.4 Å². The highest BCUT2D eigenvalue weighted by Gasteiger charge is 2.22. The minimum absolute atomic E-state index is 0.0900. The molecule has 0 aliphatic rings. The van der Waals surface area contributed by atoms with Gasteiger partial charge in [0.1, 0.15) is 6.04 Å². The standard InChI is InChI=1S/C18H16ClF4N5O/c1-8-15(19)9(2)28(25-8)10(3)18(29)24-14-4-5-27(26-14)7-11-16(22)12(20)6-13(21)17(11)23/h4-6,10H,7H2,1-3H3,(H,24,26,29). The predicted molar refractivity (Wildman–Crippen MR) is 97.7 cm³/mol. The third-order valence-electron chi connectivity index (χ3n) is 4.40. The van der Waals surface area contributed by atoms with Crippen molar-refractivity contribution in [2.75, 3.05) is 5.32 Å². The maximum atomic E-state index is 13.8. The second kappa shape index (κ2) is 7.86. The SMILES string of the molecule is Cc1nn(C(C)C(=O)Nc2ccn(Cc3c(F)c(F)cc(F)c3F)n2)c(C)c1Cl. The molecule has 3 rings (SSSR count). The van der Waals surface area contributed by atoms with E-state index in [0.29, 0.717) is 16.4 Å². The maximum Gasteiger partial charge on any atom is 0.250 e. The fraction of sp³-hybridized carbons (Fsp3) is 0.278. The van der Waals surface area contributed by atoms with Gasteiger partial charge >= 0.3 is 0 Å². The van der Waals surface area contributed by atoms with Gasteiger partial charge in [-0.15, -0.1) is 0 Å². The van der Waals surface area contributed by atoms with Gasteiger partial charge in [0, 0.05) is 18.3 Å². The van der Waals surface area contributed by atoms with Crippen LogP contribution in [0.25, 0.3) is 0 Å². The van der Waals surface area contributed by atoms with Gasteiger partial charge in [-0.05, 0) is 20.8 Å². The Morgan fingerprint density at radius 1 is 1.17 bits per heavy atom. The first-order chi connectivity index (χ1) is 13.6. The van der Waals surface area contributed by atoms with Gasteiger partial charge in [-0.25, -0.2) is 17.6 Å². The van der Waals surface area contributed by atoms with Crippen LogP contribution in [0.5, 0.6) is 0 Å². The van der Waals surface area contributed by atoms with Crippen molar-refractivity contribution in [1.29, 1.82) is 0 Å². The lowest BCUT2D eigenvalue weighted by atomic mass is 10.2. The Hall–Kier alpha value is -2.88. The van der Waals surface area contributed by atoms with Gasteiger partial charge in [-0.2, -0.15) is 10.2 Å². The highest BCUT2D eigenvalue weighted by molar-refractivity contribution is 6.31. The number of nitrogens with zero attached hydrogens (tertiary/aromatic N) is 4. The monoisotopic (exact) mass is 429 g/mol. The van der Waals surface area contributed by atoms with Gasteiger partial charge in [0.2, 0.25) is 5.91 Å². The smallest absolute Gasteiger partial charge is 0.250 e. The van der Waals surface area contributed by atoms with Crippen LogP contribution in [0.1, 0.15) is 29.9 Å². The van der Waals surface area contributed by atoms with Crippen LogP contribution < -0.4 is 5.32 Å². The van der Waals surface area contributed by atoms with E-state index in [0.717, 1.165) is 4.68 Å². The lowest BCUT2D eigenvalue weighted by Crippen LogP contribution is -2.25. The summed E-state index contributed by atoms with van der Waals surface area (Å²) in [6, 6.07) is 0.804. The van der Waals surface area contributed by atoms with Crippen LogP contribution in [0.4, 0.5) is 23.4 Å². The molecule has 0 fully saturated rings. The number of aryl methyl sites for hydroxylation is 1. The number of rotatable bonds is 5. The van der Waals surface area contributed by atoms with E-state index in [1.54, 1.807) is 20.8 Å². The van der Waals surface area contributed by atoms with Gasteiger partial charge in [0.15, 0.2) is 29.1 Å². The van der Waals surface area contributed by atoms with Crippen LogP contribution in [0.3, 0.4) is 0 Å². The largest absolute Gasteiger partial charge is 0.307 e. The Morgan fingerprint density at radius 2 is 1.79 bits per heavy atom. The van der Waals surface area contributed by atoms with E-state index < -0.39 is 47.3 Å². The molecule has 0 aliphatic carbocycles. The Balaban J connectivity index is 1.76. The summed E-state index contributed by atoms with van der Waals surface area (Å²) in [6.07, 6.45) is 1.31. The number of benzene rings is 1. The number of carbonyl (C=O) groups is 1. The number of halogens is 5. The van der Waals surface area contributed by atoms with Crippen LogP contribution in [-0.4, -0.2) is 25.5 Å². The predicted octanol–water partition coefficient (Wildman–Crippen LogP) is 4.15. The molecule has 2 aromatic heterocycles. The molecule has 0 bridgehead atoms. The van der Waals surface area contributed by atoms with Gasteiger partial charge in [-0.1, -0.05) is 11.6 Å². The number of anilines is 1. The third-order valence-corrected chi connectivity index (χ3v) is 4.94. The zero-order valence-electron chi connectivity index (χ0n) is 15.6. The fourth-order valence-electron chi connectivity index (χ4n) is 2.80. The number of aromatic nitrogens is 4. The molecule has 1 atom stereocenters. The average molecular weight is 430 g/mol. The minimum Gasteiger partial charge on any atom is -0.307 e. The Kier molecular flexibility index (Phi) is 5.65. The molecule has 154 valence electrons. The van der Waals surface area contributed by atoms with E-state index in [1.165, 1.54) is 16.9 Å². The van der Waals surface area contributed by atoms with Crippen LogP contribution in [-0.2, 0) is 11.3 Å². The molecule has 2 heterocycles. The van der Waals surface area contributed by atoms with E-state index >= 15 is 0 Å². The molecule has 1 amide bonds. The normalized spacial score (nSPS) is 12.3. The highest BCUT2D eigenvalue weighted by atomic mass is 35.5. The minimum atomic E-state index is -1.50. The van der Waals surface area contributed by atoms with Crippen molar-refractivity contribution >= 4 is 23.3 Å². The number of hydrogen-bond donors (Lipinski definition) is 1. The van der Waals surface area contributed by atoms with Gasteiger partial charge < -0.3 is 5.32 Å². The summed E-state index contributed by atoms with van der Waals surface area (Å²) in [5.41, 5.74) is 0.394. The summed E-state index contributed by atoms with van der Waals surface area (Å²) in [6.45, 7) is 4.49. The molecule has 0 spiro atoms. The second-order valence-corrected chi connectivity index (χ2v) is 6.82. The molecular formula is C18H16ClF4N5O. The molecule has 1 N–H and O–H groups in total.